The first kappa shape index (κ1) is 11.9. The van der Waals surface area contributed by atoms with Crippen molar-refractivity contribution in [2.24, 2.45) is 0 Å². The fourth-order valence-electron chi connectivity index (χ4n) is 3.55. The summed E-state index contributed by atoms with van der Waals surface area (Å²) < 4.78 is 0. The molecule has 2 nitrogen and oxygen atoms in total. The number of likely N-dealkylation sites (tertiary alicyclic amines) is 1. The monoisotopic (exact) mass is 263 g/mol. The Morgan fingerprint density at radius 3 is 1.85 bits per heavy atom. The van der Waals surface area contributed by atoms with E-state index in [1.54, 1.807) is 0 Å². The van der Waals surface area contributed by atoms with Gasteiger partial charge in [-0.25, -0.2) is 0 Å². The third-order valence-electron chi connectivity index (χ3n) is 4.52. The molecule has 0 atom stereocenters. The largest absolute Gasteiger partial charge is 0.300 e. The molecule has 2 aliphatic rings. The lowest BCUT2D eigenvalue weighted by molar-refractivity contribution is -0.121. The zero-order valence-corrected chi connectivity index (χ0v) is 11.4. The highest BCUT2D eigenvalue weighted by molar-refractivity contribution is 5.80. The fraction of sp³-hybridized carbons (Fsp3) is 0.278. The summed E-state index contributed by atoms with van der Waals surface area (Å²) in [6, 6.07) is 17.7. The Morgan fingerprint density at radius 2 is 1.30 bits per heavy atom. The van der Waals surface area contributed by atoms with E-state index in [0.717, 1.165) is 13.1 Å². The SMILES string of the molecule is O=C1CCN(C2c3ccccc3-c3ccccc32)CC1. The molecular weight excluding hydrogens is 246 g/mol. The van der Waals surface area contributed by atoms with Crippen LogP contribution in [0.4, 0.5) is 0 Å². The van der Waals surface area contributed by atoms with Crippen LogP contribution in [-0.4, -0.2) is 23.8 Å². The van der Waals surface area contributed by atoms with Crippen LogP contribution < -0.4 is 0 Å². The first-order valence-corrected chi connectivity index (χ1v) is 7.28. The van der Waals surface area contributed by atoms with Gasteiger partial charge in [0.2, 0.25) is 0 Å². The number of Topliss-reactive ketones (excluding diaryl/α,β-unsaturated/α-hetero) is 1. The highest BCUT2D eigenvalue weighted by Crippen LogP contribution is 2.46. The van der Waals surface area contributed by atoms with Crippen LogP contribution in [0.2, 0.25) is 0 Å². The van der Waals surface area contributed by atoms with Gasteiger partial charge in [0, 0.05) is 25.9 Å². The van der Waals surface area contributed by atoms with Crippen molar-refractivity contribution < 1.29 is 4.79 Å². The van der Waals surface area contributed by atoms with Crippen LogP contribution in [-0.2, 0) is 4.79 Å². The van der Waals surface area contributed by atoms with E-state index in [1.165, 1.54) is 22.3 Å². The zero-order valence-electron chi connectivity index (χ0n) is 11.4. The smallest absolute Gasteiger partial charge is 0.135 e. The van der Waals surface area contributed by atoms with Crippen molar-refractivity contribution in [2.45, 2.75) is 18.9 Å². The van der Waals surface area contributed by atoms with Crippen molar-refractivity contribution in [3.8, 4) is 11.1 Å². The average molecular weight is 263 g/mol. The molecule has 0 radical (unpaired) electrons. The van der Waals surface area contributed by atoms with E-state index in [1.807, 2.05) is 0 Å². The van der Waals surface area contributed by atoms with Gasteiger partial charge in [-0.15, -0.1) is 0 Å². The highest BCUT2D eigenvalue weighted by Gasteiger charge is 2.33. The molecule has 100 valence electrons. The number of nitrogens with zero attached hydrogens (tertiary/aromatic N) is 1. The van der Waals surface area contributed by atoms with Gasteiger partial charge in [0.25, 0.3) is 0 Å². The molecule has 1 saturated heterocycles. The van der Waals surface area contributed by atoms with E-state index >= 15 is 0 Å². The van der Waals surface area contributed by atoms with Crippen molar-refractivity contribution in [3.05, 3.63) is 59.7 Å². The summed E-state index contributed by atoms with van der Waals surface area (Å²) in [6.07, 6.45) is 1.39. The van der Waals surface area contributed by atoms with E-state index in [2.05, 4.69) is 53.4 Å². The number of rotatable bonds is 1. The fourth-order valence-corrected chi connectivity index (χ4v) is 3.55. The molecule has 2 aromatic rings. The van der Waals surface area contributed by atoms with Crippen molar-refractivity contribution in [1.29, 1.82) is 0 Å². The van der Waals surface area contributed by atoms with Gasteiger partial charge in [-0.2, -0.15) is 0 Å². The third-order valence-corrected chi connectivity index (χ3v) is 4.52. The zero-order chi connectivity index (χ0) is 13.5. The number of piperidine rings is 1. The molecule has 0 N–H and O–H groups in total. The molecule has 20 heavy (non-hydrogen) atoms. The molecule has 1 aliphatic carbocycles. The summed E-state index contributed by atoms with van der Waals surface area (Å²) in [5.41, 5.74) is 5.49. The first-order chi connectivity index (χ1) is 9.84. The predicted molar refractivity (Wildman–Crippen MR) is 79.5 cm³/mol. The lowest BCUT2D eigenvalue weighted by atomic mass is 10.00. The van der Waals surface area contributed by atoms with Crippen LogP contribution in [0.15, 0.2) is 48.5 Å². The lowest BCUT2D eigenvalue weighted by Crippen LogP contribution is -2.36. The Kier molecular flexibility index (Phi) is 2.71. The summed E-state index contributed by atoms with van der Waals surface area (Å²) in [4.78, 5) is 14.0. The second-order valence-corrected chi connectivity index (χ2v) is 5.65. The number of carbonyl (C=O) groups excluding carboxylic acids is 1. The van der Waals surface area contributed by atoms with E-state index < -0.39 is 0 Å². The number of benzene rings is 2. The number of ketones is 1. The average Bonchev–Trinajstić information content (AvgIpc) is 2.83. The highest BCUT2D eigenvalue weighted by atomic mass is 16.1. The molecule has 2 heteroatoms. The van der Waals surface area contributed by atoms with Crippen molar-refractivity contribution in [1.82, 2.24) is 4.90 Å². The van der Waals surface area contributed by atoms with E-state index in [9.17, 15) is 4.79 Å². The molecule has 1 fully saturated rings. The molecule has 2 aromatic carbocycles. The Labute approximate surface area is 119 Å². The van der Waals surface area contributed by atoms with Gasteiger partial charge >= 0.3 is 0 Å². The summed E-state index contributed by atoms with van der Waals surface area (Å²) in [7, 11) is 0. The summed E-state index contributed by atoms with van der Waals surface area (Å²) in [5.74, 6) is 0.404. The molecule has 0 spiro atoms. The molecule has 0 unspecified atom stereocenters. The van der Waals surface area contributed by atoms with Gasteiger partial charge in [0.1, 0.15) is 5.78 Å². The Bertz CT molecular complexity index is 621. The second-order valence-electron chi connectivity index (χ2n) is 5.65. The van der Waals surface area contributed by atoms with Crippen LogP contribution in [0.3, 0.4) is 0 Å². The van der Waals surface area contributed by atoms with Crippen molar-refractivity contribution in [2.75, 3.05) is 13.1 Å². The normalized spacial score (nSPS) is 18.9. The summed E-state index contributed by atoms with van der Waals surface area (Å²) in [6.45, 7) is 1.76. The molecular formula is C18H17NO. The van der Waals surface area contributed by atoms with Gasteiger partial charge in [-0.1, -0.05) is 48.5 Å². The minimum Gasteiger partial charge on any atom is -0.300 e. The van der Waals surface area contributed by atoms with E-state index in [0.29, 0.717) is 24.7 Å². The van der Waals surface area contributed by atoms with Crippen molar-refractivity contribution >= 4 is 5.78 Å². The summed E-state index contributed by atoms with van der Waals surface area (Å²) >= 11 is 0. The van der Waals surface area contributed by atoms with Crippen molar-refractivity contribution in [3.63, 3.8) is 0 Å². The summed E-state index contributed by atoms with van der Waals surface area (Å²) in [5, 5.41) is 0. The Morgan fingerprint density at radius 1 is 0.800 bits per heavy atom. The maximum absolute atomic E-state index is 11.5. The molecule has 1 heterocycles. The molecule has 0 aromatic heterocycles. The van der Waals surface area contributed by atoms with Gasteiger partial charge in [0.05, 0.1) is 6.04 Å². The maximum Gasteiger partial charge on any atom is 0.135 e. The van der Waals surface area contributed by atoms with Crippen LogP contribution in [0.1, 0.15) is 30.0 Å². The quantitative estimate of drug-likeness (QED) is 0.785. The third kappa shape index (κ3) is 1.72. The number of carbonyl (C=O) groups is 1. The first-order valence-electron chi connectivity index (χ1n) is 7.28. The molecule has 1 aliphatic heterocycles. The second kappa shape index (κ2) is 4.57. The van der Waals surface area contributed by atoms with E-state index in [-0.39, 0.29) is 0 Å². The molecule has 0 amide bonds. The van der Waals surface area contributed by atoms with Gasteiger partial charge in [0.15, 0.2) is 0 Å². The maximum atomic E-state index is 11.5. The van der Waals surface area contributed by atoms with Gasteiger partial charge in [-0.05, 0) is 22.3 Å². The van der Waals surface area contributed by atoms with Crippen LogP contribution in [0.25, 0.3) is 11.1 Å². The number of hydrogen-bond acceptors (Lipinski definition) is 2. The van der Waals surface area contributed by atoms with E-state index in [4.69, 9.17) is 0 Å². The number of fused-ring (bicyclic) bond motifs is 3. The minimum absolute atomic E-state index is 0.329. The van der Waals surface area contributed by atoms with Crippen LogP contribution in [0.5, 0.6) is 0 Å². The predicted octanol–water partition coefficient (Wildman–Crippen LogP) is 3.42. The van der Waals surface area contributed by atoms with Crippen LogP contribution in [0, 0.1) is 0 Å². The molecule has 0 saturated carbocycles. The lowest BCUT2D eigenvalue weighted by Gasteiger charge is -2.32. The standard InChI is InChI=1S/C18H17NO/c20-13-9-11-19(12-10-13)18-16-7-3-1-5-14(16)15-6-2-4-8-17(15)18/h1-8,18H,9-12H2. The molecule has 0 bridgehead atoms. The van der Waals surface area contributed by atoms with Gasteiger partial charge in [-0.3, -0.25) is 9.69 Å². The number of hydrogen-bond donors (Lipinski definition) is 0. The topological polar surface area (TPSA) is 20.3 Å². The van der Waals surface area contributed by atoms with Crippen LogP contribution >= 0.6 is 0 Å². The minimum atomic E-state index is 0.329. The Balaban J connectivity index is 1.81. The Hall–Kier alpha value is -1.93. The van der Waals surface area contributed by atoms with Gasteiger partial charge < -0.3 is 0 Å². The molecule has 4 rings (SSSR count).